The SMILES string of the molecule is NC(=O)c1ccccc1S(=O)(=O)c1cccc(Sc2cnc(Cl)cn2)c1Cl. The van der Waals surface area contributed by atoms with Crippen LogP contribution in [0, 0.1) is 0 Å². The highest BCUT2D eigenvalue weighted by molar-refractivity contribution is 7.99. The van der Waals surface area contributed by atoms with Crippen molar-refractivity contribution in [1.29, 1.82) is 0 Å². The zero-order valence-corrected chi connectivity index (χ0v) is 16.6. The van der Waals surface area contributed by atoms with Crippen molar-refractivity contribution >= 4 is 50.7 Å². The van der Waals surface area contributed by atoms with Gasteiger partial charge in [-0.2, -0.15) is 0 Å². The lowest BCUT2D eigenvalue weighted by Crippen LogP contribution is -2.16. The Morgan fingerprint density at radius 2 is 1.67 bits per heavy atom. The third-order valence-electron chi connectivity index (χ3n) is 3.47. The van der Waals surface area contributed by atoms with Gasteiger partial charge < -0.3 is 5.73 Å². The molecule has 0 saturated heterocycles. The van der Waals surface area contributed by atoms with Crippen molar-refractivity contribution in [2.45, 2.75) is 19.7 Å². The fourth-order valence-corrected chi connectivity index (χ4v) is 5.31. The van der Waals surface area contributed by atoms with Crippen LogP contribution in [0.15, 0.2) is 74.6 Å². The Balaban J connectivity index is 2.07. The first-order valence-electron chi connectivity index (χ1n) is 7.38. The number of rotatable bonds is 5. The van der Waals surface area contributed by atoms with Crippen LogP contribution in [0.2, 0.25) is 10.2 Å². The van der Waals surface area contributed by atoms with E-state index in [0.717, 1.165) is 11.8 Å². The molecule has 2 aromatic carbocycles. The smallest absolute Gasteiger partial charge is 0.250 e. The summed E-state index contributed by atoms with van der Waals surface area (Å²) in [5.74, 6) is -0.840. The molecule has 6 nitrogen and oxygen atoms in total. The van der Waals surface area contributed by atoms with E-state index in [1.165, 1.54) is 42.7 Å². The number of nitrogens with zero attached hydrogens (tertiary/aromatic N) is 2. The molecule has 0 radical (unpaired) electrons. The van der Waals surface area contributed by atoms with Gasteiger partial charge in [0.1, 0.15) is 10.2 Å². The largest absolute Gasteiger partial charge is 0.366 e. The van der Waals surface area contributed by atoms with E-state index in [9.17, 15) is 13.2 Å². The fraction of sp³-hybridized carbons (Fsp3) is 0. The number of benzene rings is 2. The number of sulfone groups is 1. The molecule has 0 atom stereocenters. The predicted octanol–water partition coefficient (Wildman–Crippen LogP) is 3.87. The van der Waals surface area contributed by atoms with Gasteiger partial charge in [0.15, 0.2) is 0 Å². The summed E-state index contributed by atoms with van der Waals surface area (Å²) < 4.78 is 26.2. The van der Waals surface area contributed by atoms with Gasteiger partial charge in [-0.05, 0) is 24.3 Å². The first-order valence-corrected chi connectivity index (χ1v) is 10.4. The highest BCUT2D eigenvalue weighted by atomic mass is 35.5. The summed E-state index contributed by atoms with van der Waals surface area (Å²) in [6.45, 7) is 0. The number of primary amides is 1. The summed E-state index contributed by atoms with van der Waals surface area (Å²) in [7, 11) is -4.07. The molecule has 0 unspecified atom stereocenters. The molecule has 0 bridgehead atoms. The molecule has 1 heterocycles. The van der Waals surface area contributed by atoms with Crippen molar-refractivity contribution in [3.05, 3.63) is 70.6 Å². The zero-order chi connectivity index (χ0) is 19.6. The number of nitrogens with two attached hydrogens (primary N) is 1. The minimum atomic E-state index is -4.07. The van der Waals surface area contributed by atoms with Crippen molar-refractivity contribution < 1.29 is 13.2 Å². The summed E-state index contributed by atoms with van der Waals surface area (Å²) in [5, 5.41) is 0.747. The molecule has 0 spiro atoms. The maximum absolute atomic E-state index is 13.1. The summed E-state index contributed by atoms with van der Waals surface area (Å²) in [6, 6.07) is 10.3. The van der Waals surface area contributed by atoms with Crippen LogP contribution in [0.25, 0.3) is 0 Å². The molecule has 3 aromatic rings. The summed E-state index contributed by atoms with van der Waals surface area (Å²) in [6.07, 6.45) is 2.83. The van der Waals surface area contributed by atoms with Gasteiger partial charge in [-0.1, -0.05) is 53.2 Å². The van der Waals surface area contributed by atoms with E-state index >= 15 is 0 Å². The normalized spacial score (nSPS) is 11.3. The van der Waals surface area contributed by atoms with Gasteiger partial charge in [-0.3, -0.25) is 4.79 Å². The van der Waals surface area contributed by atoms with Gasteiger partial charge in [0, 0.05) is 4.90 Å². The molecule has 1 amide bonds. The van der Waals surface area contributed by atoms with Gasteiger partial charge >= 0.3 is 0 Å². The van der Waals surface area contributed by atoms with Crippen molar-refractivity contribution in [2.24, 2.45) is 5.73 Å². The first kappa shape index (κ1) is 19.6. The van der Waals surface area contributed by atoms with E-state index in [2.05, 4.69) is 9.97 Å². The standard InChI is InChI=1S/C17H11Cl2N3O3S2/c18-14-8-22-15(9-21-14)26-11-5-3-7-13(16(11)19)27(24,25)12-6-2-1-4-10(12)17(20)23/h1-9H,(H2,20,23). The van der Waals surface area contributed by atoms with Crippen molar-refractivity contribution in [1.82, 2.24) is 9.97 Å². The van der Waals surface area contributed by atoms with E-state index in [4.69, 9.17) is 28.9 Å². The molecule has 1 aromatic heterocycles. The number of hydrogen-bond acceptors (Lipinski definition) is 6. The van der Waals surface area contributed by atoms with E-state index in [0.29, 0.717) is 9.92 Å². The lowest BCUT2D eigenvalue weighted by Gasteiger charge is -2.12. The second kappa shape index (κ2) is 7.85. The van der Waals surface area contributed by atoms with Crippen molar-refractivity contribution in [3.63, 3.8) is 0 Å². The molecule has 3 rings (SSSR count). The Kier molecular flexibility index (Phi) is 5.71. The topological polar surface area (TPSA) is 103 Å². The molecular formula is C17H11Cl2N3O3S2. The fourth-order valence-electron chi connectivity index (χ4n) is 2.27. The summed E-state index contributed by atoms with van der Waals surface area (Å²) in [4.78, 5) is 19.8. The van der Waals surface area contributed by atoms with Crippen LogP contribution >= 0.6 is 35.0 Å². The van der Waals surface area contributed by atoms with E-state index in [1.54, 1.807) is 12.1 Å². The first-order chi connectivity index (χ1) is 12.8. The third-order valence-corrected chi connectivity index (χ3v) is 7.13. The molecule has 0 aliphatic rings. The monoisotopic (exact) mass is 439 g/mol. The van der Waals surface area contributed by atoms with E-state index in [-0.39, 0.29) is 25.5 Å². The number of halogens is 2. The lowest BCUT2D eigenvalue weighted by atomic mass is 10.2. The van der Waals surface area contributed by atoms with Gasteiger partial charge in [-0.15, -0.1) is 0 Å². The Labute approximate surface area is 169 Å². The van der Waals surface area contributed by atoms with Crippen LogP contribution in [-0.4, -0.2) is 24.3 Å². The average Bonchev–Trinajstić information content (AvgIpc) is 2.65. The van der Waals surface area contributed by atoms with E-state index < -0.39 is 15.7 Å². The summed E-state index contributed by atoms with van der Waals surface area (Å²) >= 11 is 13.2. The molecule has 2 N–H and O–H groups in total. The Hall–Kier alpha value is -2.13. The third kappa shape index (κ3) is 4.08. The highest BCUT2D eigenvalue weighted by Crippen LogP contribution is 2.38. The lowest BCUT2D eigenvalue weighted by molar-refractivity contribution is 0.0997. The molecule has 0 aliphatic carbocycles. The number of aromatic nitrogens is 2. The predicted molar refractivity (Wildman–Crippen MR) is 103 cm³/mol. The molecule has 0 saturated carbocycles. The van der Waals surface area contributed by atoms with Crippen LogP contribution in [0.1, 0.15) is 10.4 Å². The van der Waals surface area contributed by atoms with Crippen LogP contribution in [0.3, 0.4) is 0 Å². The van der Waals surface area contributed by atoms with Crippen LogP contribution in [0.5, 0.6) is 0 Å². The second-order valence-corrected chi connectivity index (χ2v) is 8.93. The number of hydrogen-bond donors (Lipinski definition) is 1. The second-order valence-electron chi connectivity index (χ2n) is 5.21. The zero-order valence-electron chi connectivity index (χ0n) is 13.5. The van der Waals surface area contributed by atoms with Gasteiger partial charge in [0.2, 0.25) is 15.7 Å². The van der Waals surface area contributed by atoms with E-state index in [1.807, 2.05) is 0 Å². The number of amides is 1. The Bertz CT molecular complexity index is 1120. The van der Waals surface area contributed by atoms with Gasteiger partial charge in [0.05, 0.1) is 32.8 Å². The maximum atomic E-state index is 13.1. The minimum Gasteiger partial charge on any atom is -0.366 e. The molecule has 0 aliphatic heterocycles. The highest BCUT2D eigenvalue weighted by Gasteiger charge is 2.26. The Morgan fingerprint density at radius 1 is 0.963 bits per heavy atom. The van der Waals surface area contributed by atoms with Crippen molar-refractivity contribution in [2.75, 3.05) is 0 Å². The average molecular weight is 440 g/mol. The quantitative estimate of drug-likeness (QED) is 0.646. The molecule has 27 heavy (non-hydrogen) atoms. The maximum Gasteiger partial charge on any atom is 0.250 e. The number of carbonyl (C=O) groups excluding carboxylic acids is 1. The van der Waals surface area contributed by atoms with Crippen LogP contribution in [-0.2, 0) is 9.84 Å². The molecular weight excluding hydrogens is 429 g/mol. The van der Waals surface area contributed by atoms with Crippen LogP contribution in [0.4, 0.5) is 0 Å². The molecule has 0 fully saturated rings. The molecule has 138 valence electrons. The van der Waals surface area contributed by atoms with Crippen LogP contribution < -0.4 is 5.73 Å². The van der Waals surface area contributed by atoms with Gasteiger partial charge in [0.25, 0.3) is 0 Å². The van der Waals surface area contributed by atoms with Crippen molar-refractivity contribution in [3.8, 4) is 0 Å². The number of carbonyl (C=O) groups is 1. The summed E-state index contributed by atoms with van der Waals surface area (Å²) in [5.41, 5.74) is 5.20. The van der Waals surface area contributed by atoms with Gasteiger partial charge in [-0.25, -0.2) is 18.4 Å². The minimum absolute atomic E-state index is 0.0125. The molecule has 10 heteroatoms. The Morgan fingerprint density at radius 3 is 2.33 bits per heavy atom.